The van der Waals surface area contributed by atoms with Crippen LogP contribution in [-0.2, 0) is 0 Å². The van der Waals surface area contributed by atoms with Crippen molar-refractivity contribution in [1.29, 1.82) is 0 Å². The number of anilines is 1. The number of nitrogens with zero attached hydrogens (tertiary/aromatic N) is 1. The second-order valence-corrected chi connectivity index (χ2v) is 6.22. The first kappa shape index (κ1) is 17.2. The van der Waals surface area contributed by atoms with E-state index in [1.807, 2.05) is 0 Å². The summed E-state index contributed by atoms with van der Waals surface area (Å²) in [6.45, 7) is 1.02. The van der Waals surface area contributed by atoms with E-state index >= 15 is 0 Å². The third-order valence-electron chi connectivity index (χ3n) is 3.92. The van der Waals surface area contributed by atoms with E-state index in [4.69, 9.17) is 21.1 Å². The van der Waals surface area contributed by atoms with Gasteiger partial charge in [0.25, 0.3) is 5.91 Å². The zero-order chi connectivity index (χ0) is 18.8. The summed E-state index contributed by atoms with van der Waals surface area (Å²) in [5, 5.41) is 6.72. The fourth-order valence-electron chi connectivity index (χ4n) is 2.63. The van der Waals surface area contributed by atoms with Crippen molar-refractivity contribution in [3.8, 4) is 22.9 Å². The number of nitrogens with one attached hydrogen (secondary N) is 2. The summed E-state index contributed by atoms with van der Waals surface area (Å²) in [7, 11) is 0. The lowest BCUT2D eigenvalue weighted by molar-refractivity contribution is 0.102. The maximum absolute atomic E-state index is 12.6. The Balaban J connectivity index is 1.53. The maximum Gasteiger partial charge on any atom is 0.439 e. The summed E-state index contributed by atoms with van der Waals surface area (Å²) < 4.78 is 15.6. The van der Waals surface area contributed by atoms with Crippen LogP contribution in [0.15, 0.2) is 45.7 Å². The summed E-state index contributed by atoms with van der Waals surface area (Å²) in [4.78, 5) is 26.0. The monoisotopic (exact) mass is 387 g/mol. The van der Waals surface area contributed by atoms with Crippen molar-refractivity contribution in [3.63, 3.8) is 0 Å². The van der Waals surface area contributed by atoms with E-state index in [-0.39, 0.29) is 5.91 Å². The molecule has 2 heterocycles. The number of H-pyrrole nitrogens is 1. The summed E-state index contributed by atoms with van der Waals surface area (Å²) in [5.41, 5.74) is 1.57. The molecule has 1 amide bonds. The molecule has 0 fully saturated rings. The van der Waals surface area contributed by atoms with Crippen molar-refractivity contribution in [2.75, 3.05) is 18.5 Å². The van der Waals surface area contributed by atoms with E-state index in [9.17, 15) is 9.59 Å². The predicted octanol–water partition coefficient (Wildman–Crippen LogP) is 3.10. The third-order valence-corrected chi connectivity index (χ3v) is 4.20. The predicted molar refractivity (Wildman–Crippen MR) is 97.6 cm³/mol. The normalized spacial score (nSPS) is 13.1. The molecule has 8 nitrogen and oxygen atoms in total. The van der Waals surface area contributed by atoms with Gasteiger partial charge in [0, 0.05) is 23.2 Å². The highest BCUT2D eigenvalue weighted by molar-refractivity contribution is 6.32. The van der Waals surface area contributed by atoms with Crippen molar-refractivity contribution in [3.05, 3.63) is 57.5 Å². The number of rotatable bonds is 3. The van der Waals surface area contributed by atoms with Crippen LogP contribution < -0.4 is 20.5 Å². The maximum atomic E-state index is 12.6. The van der Waals surface area contributed by atoms with Gasteiger partial charge in [-0.3, -0.25) is 14.3 Å². The molecular weight excluding hydrogens is 374 g/mol. The van der Waals surface area contributed by atoms with Gasteiger partial charge in [-0.15, -0.1) is 0 Å². The molecule has 1 aliphatic heterocycles. The standard InChI is InChI=1S/C18H14ClN3O5/c19-13-8-11(9-14-15(13)26-7-1-6-25-14)17(23)20-12-4-2-10(3-5-12)16-21-18(24)27-22-16/h2-5,8-9H,1,6-7H2,(H,20,23)(H,21,22,24). The van der Waals surface area contributed by atoms with Crippen LogP contribution in [0.5, 0.6) is 11.5 Å². The third kappa shape index (κ3) is 3.65. The number of hydrogen-bond acceptors (Lipinski definition) is 6. The second kappa shape index (κ2) is 7.16. The van der Waals surface area contributed by atoms with Crippen LogP contribution >= 0.6 is 11.6 Å². The molecule has 3 aromatic rings. The van der Waals surface area contributed by atoms with Crippen LogP contribution in [0.3, 0.4) is 0 Å². The van der Waals surface area contributed by atoms with Gasteiger partial charge < -0.3 is 14.8 Å². The first-order chi connectivity index (χ1) is 13.1. The Hall–Kier alpha value is -3.26. The SMILES string of the molecule is O=C(Nc1ccc(-c2noc(=O)[nH]2)cc1)c1cc(Cl)c2c(c1)OCCCO2. The highest BCUT2D eigenvalue weighted by atomic mass is 35.5. The first-order valence-electron chi connectivity index (χ1n) is 8.17. The summed E-state index contributed by atoms with van der Waals surface area (Å²) >= 11 is 6.23. The molecule has 0 saturated heterocycles. The van der Waals surface area contributed by atoms with Crippen LogP contribution in [0, 0.1) is 0 Å². The van der Waals surface area contributed by atoms with Crippen molar-refractivity contribution < 1.29 is 18.8 Å². The highest BCUT2D eigenvalue weighted by Gasteiger charge is 2.18. The quantitative estimate of drug-likeness (QED) is 0.715. The minimum absolute atomic E-state index is 0.313. The molecule has 2 N–H and O–H groups in total. The van der Waals surface area contributed by atoms with Gasteiger partial charge >= 0.3 is 5.76 Å². The molecule has 138 valence electrons. The number of halogens is 1. The number of aromatic amines is 1. The lowest BCUT2D eigenvalue weighted by atomic mass is 10.1. The zero-order valence-electron chi connectivity index (χ0n) is 14.0. The first-order valence-corrected chi connectivity index (χ1v) is 8.55. The highest BCUT2D eigenvalue weighted by Crippen LogP contribution is 2.38. The van der Waals surface area contributed by atoms with Gasteiger partial charge in [-0.05, 0) is 36.4 Å². The molecule has 0 aliphatic carbocycles. The molecular formula is C18H14ClN3O5. The molecule has 0 atom stereocenters. The van der Waals surface area contributed by atoms with E-state index in [1.165, 1.54) is 0 Å². The molecule has 0 radical (unpaired) electrons. The molecule has 0 spiro atoms. The number of carbonyl (C=O) groups excluding carboxylic acids is 1. The fraction of sp³-hybridized carbons (Fsp3) is 0.167. The van der Waals surface area contributed by atoms with Gasteiger partial charge in [0.05, 0.1) is 18.2 Å². The number of hydrogen-bond donors (Lipinski definition) is 2. The number of amides is 1. The van der Waals surface area contributed by atoms with Crippen molar-refractivity contribution >= 4 is 23.2 Å². The molecule has 2 aromatic carbocycles. The zero-order valence-corrected chi connectivity index (χ0v) is 14.7. The molecule has 4 rings (SSSR count). The van der Waals surface area contributed by atoms with E-state index in [2.05, 4.69) is 20.0 Å². The van der Waals surface area contributed by atoms with E-state index in [1.54, 1.807) is 36.4 Å². The van der Waals surface area contributed by atoms with E-state index in [0.717, 1.165) is 6.42 Å². The lowest BCUT2D eigenvalue weighted by Gasteiger charge is -2.12. The summed E-state index contributed by atoms with van der Waals surface area (Å²) in [6, 6.07) is 9.92. The minimum Gasteiger partial charge on any atom is -0.489 e. The number of ether oxygens (including phenoxy) is 2. The van der Waals surface area contributed by atoms with Crippen molar-refractivity contribution in [2.24, 2.45) is 0 Å². The number of aromatic nitrogens is 2. The van der Waals surface area contributed by atoms with Crippen LogP contribution in [-0.4, -0.2) is 29.3 Å². The molecule has 0 unspecified atom stereocenters. The van der Waals surface area contributed by atoms with Crippen LogP contribution in [0.25, 0.3) is 11.4 Å². The van der Waals surface area contributed by atoms with E-state index < -0.39 is 5.76 Å². The average Bonchev–Trinajstić information content (AvgIpc) is 2.95. The van der Waals surface area contributed by atoms with Gasteiger partial charge in [-0.25, -0.2) is 4.79 Å². The summed E-state index contributed by atoms with van der Waals surface area (Å²) in [6.07, 6.45) is 0.746. The number of fused-ring (bicyclic) bond motifs is 1. The fourth-order valence-corrected chi connectivity index (χ4v) is 2.90. The van der Waals surface area contributed by atoms with Crippen LogP contribution in [0.1, 0.15) is 16.8 Å². The molecule has 27 heavy (non-hydrogen) atoms. The Morgan fingerprint density at radius 1 is 1.15 bits per heavy atom. The van der Waals surface area contributed by atoms with E-state index in [0.29, 0.717) is 52.4 Å². The van der Waals surface area contributed by atoms with Crippen LogP contribution in [0.4, 0.5) is 5.69 Å². The van der Waals surface area contributed by atoms with Crippen molar-refractivity contribution in [2.45, 2.75) is 6.42 Å². The van der Waals surface area contributed by atoms with Crippen LogP contribution in [0.2, 0.25) is 5.02 Å². The molecule has 1 aromatic heterocycles. The topological polar surface area (TPSA) is 106 Å². The smallest absolute Gasteiger partial charge is 0.439 e. The van der Waals surface area contributed by atoms with Gasteiger partial charge in [-0.2, -0.15) is 0 Å². The van der Waals surface area contributed by atoms with Gasteiger partial charge in [0.15, 0.2) is 17.3 Å². The molecule has 9 heteroatoms. The Kier molecular flexibility index (Phi) is 4.55. The van der Waals surface area contributed by atoms with Gasteiger partial charge in [0.2, 0.25) is 0 Å². The largest absolute Gasteiger partial charge is 0.489 e. The van der Waals surface area contributed by atoms with Gasteiger partial charge in [-0.1, -0.05) is 16.8 Å². The van der Waals surface area contributed by atoms with Gasteiger partial charge in [0.1, 0.15) is 0 Å². The number of benzene rings is 2. The number of carbonyl (C=O) groups is 1. The second-order valence-electron chi connectivity index (χ2n) is 5.81. The Morgan fingerprint density at radius 3 is 2.67 bits per heavy atom. The minimum atomic E-state index is -0.631. The summed E-state index contributed by atoms with van der Waals surface area (Å²) in [5.74, 6) is 0.253. The van der Waals surface area contributed by atoms with Crippen molar-refractivity contribution in [1.82, 2.24) is 10.1 Å². The molecule has 0 saturated carbocycles. The molecule has 1 aliphatic rings. The average molecular weight is 388 g/mol. The molecule has 0 bridgehead atoms. The lowest BCUT2D eigenvalue weighted by Crippen LogP contribution is -2.12. The Bertz CT molecular complexity index is 1040. The Morgan fingerprint density at radius 2 is 1.93 bits per heavy atom. The Labute approximate surface area is 158 Å².